The van der Waals surface area contributed by atoms with Crippen LogP contribution in [0.25, 0.3) is 0 Å². The predicted octanol–water partition coefficient (Wildman–Crippen LogP) is 3.21. The van der Waals surface area contributed by atoms with Crippen LogP contribution < -0.4 is 5.32 Å². The summed E-state index contributed by atoms with van der Waals surface area (Å²) >= 11 is 0. The maximum absolute atomic E-state index is 13.1. The van der Waals surface area contributed by atoms with Gasteiger partial charge in [0.05, 0.1) is 12.4 Å². The maximum atomic E-state index is 13.1. The number of carbonyl (C=O) groups excluding carboxylic acids is 2. The normalized spacial score (nSPS) is 26.3. The summed E-state index contributed by atoms with van der Waals surface area (Å²) in [5.74, 6) is 1.28. The van der Waals surface area contributed by atoms with Gasteiger partial charge in [0.15, 0.2) is 0 Å². The van der Waals surface area contributed by atoms with Crippen LogP contribution in [0.4, 0.5) is 4.79 Å². The van der Waals surface area contributed by atoms with E-state index in [4.69, 9.17) is 4.52 Å². The molecule has 1 N–H and O–H groups in total. The van der Waals surface area contributed by atoms with Crippen LogP contribution in [-0.4, -0.2) is 46.2 Å². The lowest BCUT2D eigenvalue weighted by molar-refractivity contribution is -0.134. The number of urea groups is 1. The Balaban J connectivity index is 1.65. The summed E-state index contributed by atoms with van der Waals surface area (Å²) in [6.45, 7) is 11.4. The summed E-state index contributed by atoms with van der Waals surface area (Å²) in [4.78, 5) is 29.0. The van der Waals surface area contributed by atoms with E-state index in [2.05, 4.69) is 31.2 Å². The molecule has 0 aromatic carbocycles. The van der Waals surface area contributed by atoms with E-state index in [0.717, 1.165) is 42.7 Å². The number of aryl methyl sites for hydroxylation is 2. The van der Waals surface area contributed by atoms with Crippen molar-refractivity contribution in [3.63, 3.8) is 0 Å². The Bertz CT molecular complexity index is 707. The minimum absolute atomic E-state index is 0.0783. The van der Waals surface area contributed by atoms with E-state index in [9.17, 15) is 9.59 Å². The largest absolute Gasteiger partial charge is 0.361 e. The highest BCUT2D eigenvalue weighted by Gasteiger charge is 2.53. The molecule has 0 unspecified atom stereocenters. The van der Waals surface area contributed by atoms with Crippen molar-refractivity contribution in [3.05, 3.63) is 17.0 Å². The fourth-order valence-corrected chi connectivity index (χ4v) is 4.41. The molecule has 1 aromatic heterocycles. The minimum atomic E-state index is -0.706. The Hall–Kier alpha value is -1.89. The summed E-state index contributed by atoms with van der Waals surface area (Å²) in [5, 5.41) is 6.97. The van der Waals surface area contributed by atoms with E-state index in [1.54, 1.807) is 0 Å². The molecular formula is C20H32N4O3. The fourth-order valence-electron chi connectivity index (χ4n) is 4.41. The van der Waals surface area contributed by atoms with Crippen LogP contribution in [0.5, 0.6) is 0 Å². The maximum Gasteiger partial charge on any atom is 0.326 e. The Kier molecular flexibility index (Phi) is 5.10. The Labute approximate surface area is 161 Å². The second-order valence-electron chi connectivity index (χ2n) is 9.34. The van der Waals surface area contributed by atoms with Crippen molar-refractivity contribution in [1.29, 1.82) is 0 Å². The molecule has 1 saturated heterocycles. The number of carbonyl (C=O) groups is 2. The number of rotatable bonds is 4. The van der Waals surface area contributed by atoms with Crippen molar-refractivity contribution in [1.82, 2.24) is 20.3 Å². The van der Waals surface area contributed by atoms with Crippen molar-refractivity contribution >= 4 is 11.9 Å². The second-order valence-corrected chi connectivity index (χ2v) is 9.34. The van der Waals surface area contributed by atoms with Gasteiger partial charge in [-0.05, 0) is 57.9 Å². The van der Waals surface area contributed by atoms with Gasteiger partial charge < -0.3 is 9.84 Å². The third-order valence-electron chi connectivity index (χ3n) is 6.30. The molecule has 0 atom stereocenters. The Morgan fingerprint density at radius 3 is 2.41 bits per heavy atom. The monoisotopic (exact) mass is 376 g/mol. The highest BCUT2D eigenvalue weighted by Crippen LogP contribution is 2.43. The van der Waals surface area contributed by atoms with Gasteiger partial charge in [-0.25, -0.2) is 9.69 Å². The molecule has 1 spiro atoms. The molecule has 7 nitrogen and oxygen atoms in total. The van der Waals surface area contributed by atoms with Crippen molar-refractivity contribution < 1.29 is 14.1 Å². The van der Waals surface area contributed by atoms with Crippen molar-refractivity contribution in [2.45, 2.75) is 72.4 Å². The van der Waals surface area contributed by atoms with E-state index in [1.165, 1.54) is 4.90 Å². The molecule has 0 radical (unpaired) electrons. The zero-order valence-electron chi connectivity index (χ0n) is 17.4. The molecule has 27 heavy (non-hydrogen) atoms. The first kappa shape index (κ1) is 19.9. The molecule has 3 amide bonds. The van der Waals surface area contributed by atoms with Crippen LogP contribution in [0.15, 0.2) is 4.52 Å². The van der Waals surface area contributed by atoms with Gasteiger partial charge in [0.2, 0.25) is 0 Å². The van der Waals surface area contributed by atoms with Crippen LogP contribution in [-0.2, 0) is 11.3 Å². The highest BCUT2D eigenvalue weighted by molar-refractivity contribution is 6.07. The lowest BCUT2D eigenvalue weighted by atomic mass is 9.67. The summed E-state index contributed by atoms with van der Waals surface area (Å²) < 4.78 is 5.20. The lowest BCUT2D eigenvalue weighted by Gasteiger charge is -2.40. The standard InChI is InChI=1S/C20H32N4O3/c1-13-16(14(2)27-22-13)11-23(6)12-24-17(25)20(21-18(24)26)9-7-15(8-10-20)19(3,4)5/h15H,7-12H2,1-6H3,(H,21,26). The van der Waals surface area contributed by atoms with E-state index in [-0.39, 0.29) is 24.0 Å². The fraction of sp³-hybridized carbons (Fsp3) is 0.750. The van der Waals surface area contributed by atoms with Gasteiger partial charge in [0.1, 0.15) is 11.3 Å². The topological polar surface area (TPSA) is 78.7 Å². The van der Waals surface area contributed by atoms with Crippen LogP contribution in [0, 0.1) is 25.2 Å². The number of nitrogens with one attached hydrogen (secondary N) is 1. The molecular weight excluding hydrogens is 344 g/mol. The van der Waals surface area contributed by atoms with Gasteiger partial charge in [-0.15, -0.1) is 0 Å². The minimum Gasteiger partial charge on any atom is -0.361 e. The zero-order chi connectivity index (χ0) is 20.0. The van der Waals surface area contributed by atoms with E-state index < -0.39 is 5.54 Å². The van der Waals surface area contributed by atoms with E-state index >= 15 is 0 Å². The Morgan fingerprint density at radius 1 is 1.26 bits per heavy atom. The van der Waals surface area contributed by atoms with Crippen molar-refractivity contribution in [2.75, 3.05) is 13.7 Å². The van der Waals surface area contributed by atoms with Gasteiger partial charge in [-0.3, -0.25) is 9.69 Å². The van der Waals surface area contributed by atoms with Gasteiger partial charge >= 0.3 is 6.03 Å². The molecule has 1 aliphatic carbocycles. The third-order valence-corrected chi connectivity index (χ3v) is 6.30. The predicted molar refractivity (Wildman–Crippen MR) is 102 cm³/mol. The summed E-state index contributed by atoms with van der Waals surface area (Å²) in [7, 11) is 1.90. The highest BCUT2D eigenvalue weighted by atomic mass is 16.5. The van der Waals surface area contributed by atoms with Crippen molar-refractivity contribution in [2.24, 2.45) is 11.3 Å². The number of aromatic nitrogens is 1. The molecule has 0 bridgehead atoms. The molecule has 3 rings (SSSR count). The average Bonchev–Trinajstić information content (AvgIpc) is 3.00. The first-order valence-corrected chi connectivity index (χ1v) is 9.78. The van der Waals surface area contributed by atoms with E-state index in [0.29, 0.717) is 12.5 Å². The smallest absolute Gasteiger partial charge is 0.326 e. The molecule has 1 aromatic rings. The number of nitrogens with zero attached hydrogens (tertiary/aromatic N) is 3. The first-order valence-electron chi connectivity index (χ1n) is 9.78. The van der Waals surface area contributed by atoms with Gasteiger partial charge in [-0.1, -0.05) is 25.9 Å². The number of imide groups is 1. The SMILES string of the molecule is Cc1noc(C)c1CN(C)CN1C(=O)NC2(CCC(C(C)(C)C)CC2)C1=O. The molecule has 2 fully saturated rings. The van der Waals surface area contributed by atoms with Crippen LogP contribution in [0.2, 0.25) is 0 Å². The third kappa shape index (κ3) is 3.74. The molecule has 2 aliphatic rings. The molecule has 2 heterocycles. The van der Waals surface area contributed by atoms with Crippen molar-refractivity contribution in [3.8, 4) is 0 Å². The van der Waals surface area contributed by atoms with Crippen LogP contribution in [0.3, 0.4) is 0 Å². The number of amides is 3. The van der Waals surface area contributed by atoms with E-state index in [1.807, 2.05) is 25.8 Å². The van der Waals surface area contributed by atoms with Gasteiger partial charge in [0.25, 0.3) is 5.91 Å². The summed E-state index contributed by atoms with van der Waals surface area (Å²) in [5.41, 5.74) is 1.38. The van der Waals surface area contributed by atoms with Crippen LogP contribution in [0.1, 0.15) is 63.5 Å². The summed E-state index contributed by atoms with van der Waals surface area (Å²) in [6.07, 6.45) is 3.39. The Morgan fingerprint density at radius 2 is 1.89 bits per heavy atom. The second kappa shape index (κ2) is 6.93. The molecule has 150 valence electrons. The summed E-state index contributed by atoms with van der Waals surface area (Å²) in [6, 6.07) is -0.278. The number of hydrogen-bond donors (Lipinski definition) is 1. The first-order chi connectivity index (χ1) is 12.5. The molecule has 7 heteroatoms. The van der Waals surface area contributed by atoms with Crippen LogP contribution >= 0.6 is 0 Å². The van der Waals surface area contributed by atoms with Gasteiger partial charge in [-0.2, -0.15) is 0 Å². The van der Waals surface area contributed by atoms with Gasteiger partial charge in [0, 0.05) is 12.1 Å². The molecule has 1 saturated carbocycles. The quantitative estimate of drug-likeness (QED) is 0.817. The zero-order valence-corrected chi connectivity index (χ0v) is 17.4. The lowest BCUT2D eigenvalue weighted by Crippen LogP contribution is -2.51. The average molecular weight is 377 g/mol. The number of hydrogen-bond acceptors (Lipinski definition) is 5. The molecule has 1 aliphatic heterocycles.